The third-order valence-electron chi connectivity index (χ3n) is 3.98. The van der Waals surface area contributed by atoms with Crippen LogP contribution in [0.25, 0.3) is 28.3 Å². The number of nitrogens with zero attached hydrogens (tertiary/aromatic N) is 4. The fourth-order valence-corrected chi connectivity index (χ4v) is 2.80. The van der Waals surface area contributed by atoms with Crippen LogP contribution in [0.1, 0.15) is 0 Å². The van der Waals surface area contributed by atoms with E-state index in [-0.39, 0.29) is 5.69 Å². The summed E-state index contributed by atoms with van der Waals surface area (Å²) >= 11 is 6.00. The van der Waals surface area contributed by atoms with Gasteiger partial charge in [-0.05, 0) is 17.7 Å². The molecule has 124 valence electrons. The number of benzene rings is 2. The van der Waals surface area contributed by atoms with E-state index < -0.39 is 0 Å². The van der Waals surface area contributed by atoms with E-state index in [2.05, 4.69) is 15.3 Å². The highest BCUT2D eigenvalue weighted by atomic mass is 35.5. The Balaban J connectivity index is 1.93. The number of aromatic nitrogens is 5. The Morgan fingerprint density at radius 3 is 2.36 bits per heavy atom. The van der Waals surface area contributed by atoms with Gasteiger partial charge in [0.2, 0.25) is 0 Å². The zero-order valence-corrected chi connectivity index (χ0v) is 14.1. The third kappa shape index (κ3) is 2.77. The number of H-pyrrole nitrogens is 1. The van der Waals surface area contributed by atoms with E-state index in [1.54, 1.807) is 11.7 Å². The van der Waals surface area contributed by atoms with Crippen molar-refractivity contribution in [2.75, 3.05) is 0 Å². The first-order valence-corrected chi connectivity index (χ1v) is 8.04. The second-order valence-electron chi connectivity index (χ2n) is 5.60. The van der Waals surface area contributed by atoms with Crippen LogP contribution in [-0.2, 0) is 7.05 Å². The molecule has 0 unspecified atom stereocenters. The maximum Gasteiger partial charge on any atom is 0.344 e. The molecule has 0 aliphatic carbocycles. The molecule has 25 heavy (non-hydrogen) atoms. The molecule has 2 heterocycles. The number of hydrogen-bond acceptors (Lipinski definition) is 3. The third-order valence-corrected chi connectivity index (χ3v) is 4.23. The predicted molar refractivity (Wildman–Crippen MR) is 96.8 cm³/mol. The summed E-state index contributed by atoms with van der Waals surface area (Å²) < 4.78 is 3.01. The Hall–Kier alpha value is -3.12. The summed E-state index contributed by atoms with van der Waals surface area (Å²) in [6.45, 7) is 0. The van der Waals surface area contributed by atoms with Crippen LogP contribution < -0.4 is 5.69 Å². The molecular formula is C18H14ClN5O. The lowest BCUT2D eigenvalue weighted by Crippen LogP contribution is -2.15. The molecule has 0 atom stereocenters. The van der Waals surface area contributed by atoms with E-state index in [4.69, 9.17) is 11.6 Å². The average Bonchev–Trinajstić information content (AvgIpc) is 3.21. The Labute approximate surface area is 148 Å². The van der Waals surface area contributed by atoms with Crippen molar-refractivity contribution in [2.24, 2.45) is 7.05 Å². The van der Waals surface area contributed by atoms with Crippen LogP contribution in [0, 0.1) is 0 Å². The molecular weight excluding hydrogens is 338 g/mol. The standard InChI is InChI=1S/C18H14ClN5O/c1-23-17(20-21-18(23)25)24-11-15(12-5-3-2-4-6-12)16(22-24)13-7-9-14(19)10-8-13/h2-11H,1H3,(H,21,25). The summed E-state index contributed by atoms with van der Waals surface area (Å²) in [4.78, 5) is 11.7. The van der Waals surface area contributed by atoms with E-state index in [0.29, 0.717) is 11.0 Å². The Bertz CT molecular complexity index is 1080. The van der Waals surface area contributed by atoms with Crippen LogP contribution in [0.5, 0.6) is 0 Å². The van der Waals surface area contributed by atoms with E-state index in [0.717, 1.165) is 22.4 Å². The first-order chi connectivity index (χ1) is 12.1. The highest BCUT2D eigenvalue weighted by Gasteiger charge is 2.16. The van der Waals surface area contributed by atoms with Crippen molar-refractivity contribution in [3.63, 3.8) is 0 Å². The fourth-order valence-electron chi connectivity index (χ4n) is 2.67. The first kappa shape index (κ1) is 15.4. The van der Waals surface area contributed by atoms with Crippen LogP contribution in [0.15, 0.2) is 65.6 Å². The van der Waals surface area contributed by atoms with Crippen LogP contribution in [0.4, 0.5) is 0 Å². The molecule has 0 aliphatic heterocycles. The van der Waals surface area contributed by atoms with Gasteiger partial charge in [0.05, 0.1) is 0 Å². The molecule has 0 saturated heterocycles. The van der Waals surface area contributed by atoms with Gasteiger partial charge in [0.15, 0.2) is 0 Å². The smallest absolute Gasteiger partial charge is 0.263 e. The fraction of sp³-hybridized carbons (Fsp3) is 0.0556. The summed E-state index contributed by atoms with van der Waals surface area (Å²) in [7, 11) is 1.65. The maximum absolute atomic E-state index is 11.7. The lowest BCUT2D eigenvalue weighted by Gasteiger charge is -2.02. The lowest BCUT2D eigenvalue weighted by molar-refractivity contribution is 0.740. The number of rotatable bonds is 3. The molecule has 4 aromatic rings. The molecule has 7 heteroatoms. The van der Waals surface area contributed by atoms with Gasteiger partial charge in [-0.1, -0.05) is 54.1 Å². The number of halogens is 1. The highest BCUT2D eigenvalue weighted by Crippen LogP contribution is 2.32. The van der Waals surface area contributed by atoms with Gasteiger partial charge >= 0.3 is 5.69 Å². The monoisotopic (exact) mass is 351 g/mol. The Morgan fingerprint density at radius 1 is 1.00 bits per heavy atom. The molecule has 0 radical (unpaired) electrons. The van der Waals surface area contributed by atoms with Gasteiger partial charge in [-0.3, -0.25) is 4.57 Å². The van der Waals surface area contributed by atoms with Crippen molar-refractivity contribution in [1.29, 1.82) is 0 Å². The predicted octanol–water partition coefficient (Wildman–Crippen LogP) is 3.28. The van der Waals surface area contributed by atoms with Crippen molar-refractivity contribution in [3.8, 4) is 28.3 Å². The summed E-state index contributed by atoms with van der Waals surface area (Å²) in [5, 5.41) is 11.8. The van der Waals surface area contributed by atoms with Crippen molar-refractivity contribution >= 4 is 11.6 Å². The minimum atomic E-state index is -0.292. The zero-order chi connectivity index (χ0) is 17.4. The molecule has 0 bridgehead atoms. The molecule has 4 rings (SSSR count). The average molecular weight is 352 g/mol. The Morgan fingerprint density at radius 2 is 1.72 bits per heavy atom. The SMILES string of the molecule is Cn1c(-n2cc(-c3ccccc3)c(-c3ccc(Cl)cc3)n2)n[nH]c1=O. The molecule has 6 nitrogen and oxygen atoms in total. The molecule has 0 saturated carbocycles. The van der Waals surface area contributed by atoms with Crippen LogP contribution in [0.3, 0.4) is 0 Å². The molecule has 0 aliphatic rings. The van der Waals surface area contributed by atoms with Crippen LogP contribution in [-0.4, -0.2) is 24.5 Å². The number of aromatic amines is 1. The van der Waals surface area contributed by atoms with E-state index in [1.807, 2.05) is 60.8 Å². The van der Waals surface area contributed by atoms with Gasteiger partial charge in [0.1, 0.15) is 5.69 Å². The van der Waals surface area contributed by atoms with Gasteiger partial charge < -0.3 is 0 Å². The summed E-state index contributed by atoms with van der Waals surface area (Å²) in [5.41, 5.74) is 3.40. The van der Waals surface area contributed by atoms with Gasteiger partial charge in [-0.25, -0.2) is 14.6 Å². The van der Waals surface area contributed by atoms with E-state index in [9.17, 15) is 4.79 Å². The second kappa shape index (κ2) is 6.07. The van der Waals surface area contributed by atoms with Gasteiger partial charge in [-0.2, -0.15) is 5.10 Å². The molecule has 1 N–H and O–H groups in total. The number of hydrogen-bond donors (Lipinski definition) is 1. The maximum atomic E-state index is 11.7. The summed E-state index contributed by atoms with van der Waals surface area (Å²) in [6, 6.07) is 17.5. The van der Waals surface area contributed by atoms with Gasteiger partial charge in [0, 0.05) is 29.4 Å². The molecule has 0 amide bonds. The van der Waals surface area contributed by atoms with Gasteiger partial charge in [-0.15, -0.1) is 5.10 Å². The largest absolute Gasteiger partial charge is 0.344 e. The molecule has 2 aromatic heterocycles. The van der Waals surface area contributed by atoms with E-state index >= 15 is 0 Å². The minimum absolute atomic E-state index is 0.292. The van der Waals surface area contributed by atoms with Crippen LogP contribution in [0.2, 0.25) is 5.02 Å². The topological polar surface area (TPSA) is 68.5 Å². The zero-order valence-electron chi connectivity index (χ0n) is 13.3. The minimum Gasteiger partial charge on any atom is -0.263 e. The van der Waals surface area contributed by atoms with Crippen molar-refractivity contribution in [2.45, 2.75) is 0 Å². The number of nitrogens with one attached hydrogen (secondary N) is 1. The first-order valence-electron chi connectivity index (χ1n) is 7.66. The van der Waals surface area contributed by atoms with Gasteiger partial charge in [0.25, 0.3) is 5.95 Å². The van der Waals surface area contributed by atoms with Crippen molar-refractivity contribution in [1.82, 2.24) is 24.5 Å². The molecule has 0 spiro atoms. The van der Waals surface area contributed by atoms with E-state index in [1.165, 1.54) is 4.57 Å². The van der Waals surface area contributed by atoms with Crippen molar-refractivity contribution in [3.05, 3.63) is 76.3 Å². The normalized spacial score (nSPS) is 11.0. The Kier molecular flexibility index (Phi) is 3.74. The highest BCUT2D eigenvalue weighted by molar-refractivity contribution is 6.30. The molecule has 0 fully saturated rings. The quantitative estimate of drug-likeness (QED) is 0.616. The van der Waals surface area contributed by atoms with Crippen molar-refractivity contribution < 1.29 is 0 Å². The summed E-state index contributed by atoms with van der Waals surface area (Å²) in [5.74, 6) is 0.419. The lowest BCUT2D eigenvalue weighted by atomic mass is 10.0. The summed E-state index contributed by atoms with van der Waals surface area (Å²) in [6.07, 6.45) is 1.87. The molecule has 2 aromatic carbocycles. The van der Waals surface area contributed by atoms with Crippen LogP contribution >= 0.6 is 11.6 Å². The second-order valence-corrected chi connectivity index (χ2v) is 6.03.